The molecule has 1 aromatic carbocycles. The zero-order valence-corrected chi connectivity index (χ0v) is 14.2. The minimum atomic E-state index is -0.295. The van der Waals surface area contributed by atoms with Gasteiger partial charge in [-0.2, -0.15) is 0 Å². The summed E-state index contributed by atoms with van der Waals surface area (Å²) in [6.45, 7) is 6.71. The van der Waals surface area contributed by atoms with Gasteiger partial charge in [0.15, 0.2) is 0 Å². The third-order valence-corrected chi connectivity index (χ3v) is 5.45. The number of hydrogen-bond acceptors (Lipinski definition) is 2. The minimum absolute atomic E-state index is 0.0520. The maximum atomic E-state index is 10.9. The predicted molar refractivity (Wildman–Crippen MR) is 88.0 cm³/mol. The molecule has 1 atom stereocenters. The van der Waals surface area contributed by atoms with E-state index >= 15 is 0 Å². The van der Waals surface area contributed by atoms with E-state index < -0.39 is 0 Å². The van der Waals surface area contributed by atoms with Gasteiger partial charge in [0.25, 0.3) is 0 Å². The zero-order valence-electron chi connectivity index (χ0n) is 12.6. The van der Waals surface area contributed by atoms with Gasteiger partial charge >= 0.3 is 0 Å². The summed E-state index contributed by atoms with van der Waals surface area (Å²) in [6.07, 6.45) is 5.02. The van der Waals surface area contributed by atoms with E-state index in [2.05, 4.69) is 58.9 Å². The second-order valence-corrected chi connectivity index (χ2v) is 6.77. The Labute approximate surface area is 131 Å². The first-order valence-corrected chi connectivity index (χ1v) is 8.59. The van der Waals surface area contributed by atoms with E-state index in [1.54, 1.807) is 0 Å². The Bertz CT molecular complexity index is 408. The maximum Gasteiger partial charge on any atom is 0.0763 e. The van der Waals surface area contributed by atoms with Crippen molar-refractivity contribution in [3.8, 4) is 0 Å². The average Bonchev–Trinajstić information content (AvgIpc) is 2.98. The Morgan fingerprint density at radius 3 is 2.20 bits per heavy atom. The van der Waals surface area contributed by atoms with Crippen LogP contribution in [0.3, 0.4) is 0 Å². The lowest BCUT2D eigenvalue weighted by Crippen LogP contribution is -2.55. The molecular weight excluding hydrogens is 314 g/mol. The van der Waals surface area contributed by atoms with Crippen LogP contribution in [0.5, 0.6) is 0 Å². The number of nitrogens with zero attached hydrogens (tertiary/aromatic N) is 1. The van der Waals surface area contributed by atoms with Gasteiger partial charge in [-0.05, 0) is 56.5 Å². The summed E-state index contributed by atoms with van der Waals surface area (Å²) in [7, 11) is 0. The molecule has 2 rings (SSSR count). The molecular formula is C17H26BrNO. The van der Waals surface area contributed by atoms with Crippen LogP contribution >= 0.6 is 15.9 Å². The largest absolute Gasteiger partial charge is 0.391 e. The van der Waals surface area contributed by atoms with E-state index in [1.807, 2.05) is 0 Å². The second kappa shape index (κ2) is 7.06. The number of aliphatic hydroxyl groups is 1. The molecule has 0 saturated carbocycles. The van der Waals surface area contributed by atoms with Gasteiger partial charge in [0, 0.05) is 16.4 Å². The molecule has 2 nitrogen and oxygen atoms in total. The monoisotopic (exact) mass is 339 g/mol. The molecule has 0 radical (unpaired) electrons. The van der Waals surface area contributed by atoms with Gasteiger partial charge in [0.1, 0.15) is 0 Å². The predicted octanol–water partition coefficient (Wildman–Crippen LogP) is 4.01. The van der Waals surface area contributed by atoms with Gasteiger partial charge in [0.2, 0.25) is 0 Å². The lowest BCUT2D eigenvalue weighted by atomic mass is 9.82. The Morgan fingerprint density at radius 1 is 1.15 bits per heavy atom. The normalized spacial score (nSPS) is 18.4. The highest BCUT2D eigenvalue weighted by Crippen LogP contribution is 2.33. The van der Waals surface area contributed by atoms with Crippen molar-refractivity contribution in [3.05, 3.63) is 34.3 Å². The summed E-state index contributed by atoms with van der Waals surface area (Å²) in [6, 6.07) is 8.32. The number of halogens is 1. The molecule has 0 spiro atoms. The van der Waals surface area contributed by atoms with Crippen molar-refractivity contribution in [2.45, 2.75) is 57.6 Å². The smallest absolute Gasteiger partial charge is 0.0763 e. The number of aliphatic hydroxyl groups excluding tert-OH is 1. The Balaban J connectivity index is 2.13. The quantitative estimate of drug-likeness (QED) is 0.846. The fourth-order valence-corrected chi connectivity index (χ4v) is 3.84. The first kappa shape index (κ1) is 16.0. The molecule has 0 aromatic heterocycles. The zero-order chi connectivity index (χ0) is 14.6. The van der Waals surface area contributed by atoms with Gasteiger partial charge in [-0.15, -0.1) is 0 Å². The van der Waals surface area contributed by atoms with E-state index in [1.165, 1.54) is 18.4 Å². The van der Waals surface area contributed by atoms with Crippen molar-refractivity contribution in [1.29, 1.82) is 0 Å². The molecule has 0 aliphatic carbocycles. The molecule has 1 N–H and O–H groups in total. The van der Waals surface area contributed by atoms with Crippen molar-refractivity contribution in [2.24, 2.45) is 0 Å². The van der Waals surface area contributed by atoms with Gasteiger partial charge in [-0.25, -0.2) is 0 Å². The number of benzene rings is 1. The van der Waals surface area contributed by atoms with Gasteiger partial charge in [-0.1, -0.05) is 41.9 Å². The van der Waals surface area contributed by atoms with Gasteiger partial charge < -0.3 is 5.11 Å². The fourth-order valence-electron chi connectivity index (χ4n) is 3.58. The lowest BCUT2D eigenvalue weighted by molar-refractivity contribution is -0.0269. The van der Waals surface area contributed by atoms with Crippen LogP contribution in [0, 0.1) is 0 Å². The maximum absolute atomic E-state index is 10.9. The van der Waals surface area contributed by atoms with Crippen LogP contribution in [-0.4, -0.2) is 34.7 Å². The molecule has 1 saturated heterocycles. The highest BCUT2D eigenvalue weighted by Gasteiger charge is 2.41. The SMILES string of the molecule is CCC(CC)(C(O)Cc1ccc(Br)cc1)N1CCCC1. The molecule has 3 heteroatoms. The Hall–Kier alpha value is -0.380. The van der Waals surface area contributed by atoms with Crippen molar-refractivity contribution in [3.63, 3.8) is 0 Å². The van der Waals surface area contributed by atoms with Crippen molar-refractivity contribution in [1.82, 2.24) is 4.90 Å². The molecule has 0 amide bonds. The molecule has 20 heavy (non-hydrogen) atoms. The van der Waals surface area contributed by atoms with E-state index in [0.29, 0.717) is 0 Å². The standard InChI is InChI=1S/C17H26BrNO/c1-3-17(4-2,19-11-5-6-12-19)16(20)13-14-7-9-15(18)10-8-14/h7-10,16,20H,3-6,11-13H2,1-2H3. The molecule has 0 bridgehead atoms. The molecule has 1 unspecified atom stereocenters. The van der Waals surface area contributed by atoms with Gasteiger partial charge in [0.05, 0.1) is 6.10 Å². The highest BCUT2D eigenvalue weighted by atomic mass is 79.9. The van der Waals surface area contributed by atoms with Crippen molar-refractivity contribution < 1.29 is 5.11 Å². The Morgan fingerprint density at radius 2 is 1.70 bits per heavy atom. The minimum Gasteiger partial charge on any atom is -0.391 e. The van der Waals surface area contributed by atoms with Crippen LogP contribution in [0.25, 0.3) is 0 Å². The summed E-state index contributed by atoms with van der Waals surface area (Å²) in [5.41, 5.74) is 1.16. The molecule has 1 aliphatic rings. The van der Waals surface area contributed by atoms with Crippen LogP contribution in [0.2, 0.25) is 0 Å². The van der Waals surface area contributed by atoms with Crippen LogP contribution in [0.15, 0.2) is 28.7 Å². The van der Waals surface area contributed by atoms with Crippen molar-refractivity contribution in [2.75, 3.05) is 13.1 Å². The number of likely N-dealkylation sites (tertiary alicyclic amines) is 1. The average molecular weight is 340 g/mol. The molecule has 1 aliphatic heterocycles. The van der Waals surface area contributed by atoms with E-state index in [9.17, 15) is 5.11 Å². The summed E-state index contributed by atoms with van der Waals surface area (Å²) in [4.78, 5) is 2.52. The summed E-state index contributed by atoms with van der Waals surface area (Å²) < 4.78 is 1.09. The van der Waals surface area contributed by atoms with Crippen LogP contribution < -0.4 is 0 Å². The number of rotatable bonds is 6. The van der Waals surface area contributed by atoms with Gasteiger partial charge in [-0.3, -0.25) is 4.90 Å². The van der Waals surface area contributed by atoms with Crippen LogP contribution in [0.4, 0.5) is 0 Å². The molecule has 1 heterocycles. The Kier molecular flexibility index (Phi) is 5.65. The highest BCUT2D eigenvalue weighted by molar-refractivity contribution is 9.10. The second-order valence-electron chi connectivity index (χ2n) is 5.85. The first-order chi connectivity index (χ1) is 9.62. The van der Waals surface area contributed by atoms with E-state index in [-0.39, 0.29) is 11.6 Å². The van der Waals surface area contributed by atoms with Crippen LogP contribution in [-0.2, 0) is 6.42 Å². The third kappa shape index (κ3) is 3.26. The molecule has 112 valence electrons. The lowest BCUT2D eigenvalue weighted by Gasteiger charge is -2.44. The fraction of sp³-hybridized carbons (Fsp3) is 0.647. The summed E-state index contributed by atoms with van der Waals surface area (Å²) in [5.74, 6) is 0. The number of hydrogen-bond donors (Lipinski definition) is 1. The third-order valence-electron chi connectivity index (χ3n) is 4.92. The molecule has 1 aromatic rings. The van der Waals surface area contributed by atoms with Crippen molar-refractivity contribution >= 4 is 15.9 Å². The summed E-state index contributed by atoms with van der Waals surface area (Å²) >= 11 is 3.46. The first-order valence-electron chi connectivity index (χ1n) is 7.80. The molecule has 1 fully saturated rings. The van der Waals surface area contributed by atoms with E-state index in [0.717, 1.165) is 36.8 Å². The van der Waals surface area contributed by atoms with E-state index in [4.69, 9.17) is 0 Å². The van der Waals surface area contributed by atoms with Crippen LogP contribution in [0.1, 0.15) is 45.1 Å². The topological polar surface area (TPSA) is 23.5 Å². The summed E-state index contributed by atoms with van der Waals surface area (Å²) in [5, 5.41) is 10.9.